The van der Waals surface area contributed by atoms with E-state index in [2.05, 4.69) is 20.4 Å². The lowest BCUT2D eigenvalue weighted by Gasteiger charge is -2.15. The highest BCUT2D eigenvalue weighted by Crippen LogP contribution is 2.21. The maximum atomic E-state index is 12.1. The summed E-state index contributed by atoms with van der Waals surface area (Å²) >= 11 is 6.12. The minimum absolute atomic E-state index is 0.0929. The van der Waals surface area contributed by atoms with E-state index in [0.717, 1.165) is 5.82 Å². The molecule has 0 aliphatic heterocycles. The van der Waals surface area contributed by atoms with Gasteiger partial charge in [-0.15, -0.1) is 0 Å². The van der Waals surface area contributed by atoms with Gasteiger partial charge < -0.3 is 10.3 Å². The number of nitrogens with zero attached hydrogens (tertiary/aromatic N) is 3. The summed E-state index contributed by atoms with van der Waals surface area (Å²) < 4.78 is 1.38. The van der Waals surface area contributed by atoms with E-state index in [-0.39, 0.29) is 16.6 Å². The van der Waals surface area contributed by atoms with Gasteiger partial charge in [0.05, 0.1) is 17.9 Å². The van der Waals surface area contributed by atoms with E-state index in [0.29, 0.717) is 18.2 Å². The second kappa shape index (κ2) is 6.09. The van der Waals surface area contributed by atoms with Gasteiger partial charge in [0.15, 0.2) is 0 Å². The van der Waals surface area contributed by atoms with Crippen LogP contribution in [-0.4, -0.2) is 19.7 Å². The molecule has 2 rings (SSSR count). The lowest BCUT2D eigenvalue weighted by atomic mass is 10.2. The van der Waals surface area contributed by atoms with Gasteiger partial charge in [-0.3, -0.25) is 4.79 Å². The number of hydrogen-bond donors (Lipinski definition) is 2. The highest BCUT2D eigenvalue weighted by atomic mass is 35.5. The average Bonchev–Trinajstić information content (AvgIpc) is 2.92. The first-order chi connectivity index (χ1) is 9.49. The Morgan fingerprint density at radius 3 is 2.80 bits per heavy atom. The predicted molar refractivity (Wildman–Crippen MR) is 79.0 cm³/mol. The van der Waals surface area contributed by atoms with Gasteiger partial charge in [0.2, 0.25) is 0 Å². The summed E-state index contributed by atoms with van der Waals surface area (Å²) in [6.07, 6.45) is 4.99. The molecule has 2 aromatic heterocycles. The van der Waals surface area contributed by atoms with Crippen molar-refractivity contribution in [3.63, 3.8) is 0 Å². The molecule has 0 bridgehead atoms. The van der Waals surface area contributed by atoms with Crippen LogP contribution in [-0.2, 0) is 6.54 Å². The maximum absolute atomic E-state index is 12.1. The first-order valence-corrected chi connectivity index (χ1v) is 6.88. The Labute approximate surface area is 122 Å². The van der Waals surface area contributed by atoms with Crippen LogP contribution < -0.4 is 10.9 Å². The number of aromatic nitrogens is 4. The van der Waals surface area contributed by atoms with Gasteiger partial charge in [-0.25, -0.2) is 9.67 Å². The van der Waals surface area contributed by atoms with E-state index >= 15 is 0 Å². The largest absolute Gasteiger partial charge is 0.373 e. The van der Waals surface area contributed by atoms with E-state index < -0.39 is 0 Å². The molecule has 0 amide bonds. The third kappa shape index (κ3) is 3.19. The van der Waals surface area contributed by atoms with Crippen molar-refractivity contribution in [1.29, 1.82) is 0 Å². The molecule has 7 heteroatoms. The van der Waals surface area contributed by atoms with Crippen LogP contribution >= 0.6 is 11.6 Å². The molecule has 20 heavy (non-hydrogen) atoms. The Bertz CT molecular complexity index is 620. The smallest absolute Gasteiger partial charge is 0.287 e. The molecule has 0 radical (unpaired) electrons. The van der Waals surface area contributed by atoms with Crippen LogP contribution in [0.3, 0.4) is 0 Å². The molecule has 0 aromatic carbocycles. The van der Waals surface area contributed by atoms with E-state index in [1.807, 2.05) is 20.8 Å². The topological polar surface area (TPSA) is 75.6 Å². The standard InChI is InChI=1S/C13H18ClN5O/c1-8(2)7-19-13(20)11(14)10(6-17-19)18-9(3)12-15-4-5-16-12/h4-6,8-9,18H,7H2,1-3H3,(H,15,16). The zero-order chi connectivity index (χ0) is 14.7. The fraction of sp³-hybridized carbons (Fsp3) is 0.462. The molecular formula is C13H18ClN5O. The minimum Gasteiger partial charge on any atom is -0.373 e. The lowest BCUT2D eigenvalue weighted by Crippen LogP contribution is -2.26. The van der Waals surface area contributed by atoms with E-state index in [9.17, 15) is 4.79 Å². The fourth-order valence-electron chi connectivity index (χ4n) is 1.86. The van der Waals surface area contributed by atoms with Gasteiger partial charge in [-0.05, 0) is 12.8 Å². The van der Waals surface area contributed by atoms with Gasteiger partial charge in [0.25, 0.3) is 5.56 Å². The van der Waals surface area contributed by atoms with Gasteiger partial charge in [0, 0.05) is 18.9 Å². The van der Waals surface area contributed by atoms with Gasteiger partial charge in [0.1, 0.15) is 10.8 Å². The van der Waals surface area contributed by atoms with Crippen molar-refractivity contribution in [2.45, 2.75) is 33.4 Å². The summed E-state index contributed by atoms with van der Waals surface area (Å²) in [5.74, 6) is 1.10. The van der Waals surface area contributed by atoms with Crippen LogP contribution in [0.15, 0.2) is 23.4 Å². The van der Waals surface area contributed by atoms with Gasteiger partial charge in [-0.2, -0.15) is 5.10 Å². The van der Waals surface area contributed by atoms with Crippen LogP contribution in [0.2, 0.25) is 5.02 Å². The van der Waals surface area contributed by atoms with Crippen molar-refractivity contribution in [3.05, 3.63) is 39.8 Å². The Hall–Kier alpha value is -1.82. The molecule has 0 saturated carbocycles. The van der Waals surface area contributed by atoms with E-state index in [4.69, 9.17) is 11.6 Å². The molecule has 0 spiro atoms. The van der Waals surface area contributed by atoms with Crippen molar-refractivity contribution in [2.75, 3.05) is 5.32 Å². The molecule has 2 N–H and O–H groups in total. The quantitative estimate of drug-likeness (QED) is 0.888. The first kappa shape index (κ1) is 14.6. The fourth-order valence-corrected chi connectivity index (χ4v) is 2.06. The van der Waals surface area contributed by atoms with Crippen LogP contribution in [0.25, 0.3) is 0 Å². The lowest BCUT2D eigenvalue weighted by molar-refractivity contribution is 0.464. The number of rotatable bonds is 5. The second-order valence-electron chi connectivity index (χ2n) is 5.09. The molecule has 0 fully saturated rings. The van der Waals surface area contributed by atoms with Crippen LogP contribution in [0.1, 0.15) is 32.6 Å². The first-order valence-electron chi connectivity index (χ1n) is 6.50. The Balaban J connectivity index is 2.21. The van der Waals surface area contributed by atoms with Crippen molar-refractivity contribution in [2.24, 2.45) is 5.92 Å². The number of halogens is 1. The second-order valence-corrected chi connectivity index (χ2v) is 5.47. The average molecular weight is 296 g/mol. The number of hydrogen-bond acceptors (Lipinski definition) is 4. The highest BCUT2D eigenvalue weighted by Gasteiger charge is 2.14. The van der Waals surface area contributed by atoms with Crippen molar-refractivity contribution < 1.29 is 0 Å². The summed E-state index contributed by atoms with van der Waals surface area (Å²) in [7, 11) is 0. The molecule has 108 valence electrons. The van der Waals surface area contributed by atoms with Gasteiger partial charge >= 0.3 is 0 Å². The zero-order valence-electron chi connectivity index (χ0n) is 11.7. The van der Waals surface area contributed by atoms with Gasteiger partial charge in [-0.1, -0.05) is 25.4 Å². The number of imidazole rings is 1. The molecule has 0 aliphatic rings. The zero-order valence-corrected chi connectivity index (χ0v) is 12.5. The Morgan fingerprint density at radius 2 is 2.20 bits per heavy atom. The third-order valence-electron chi connectivity index (χ3n) is 2.82. The molecule has 0 aliphatic carbocycles. The predicted octanol–water partition coefficient (Wildman–Crippen LogP) is 2.45. The van der Waals surface area contributed by atoms with Crippen LogP contribution in [0.4, 0.5) is 5.69 Å². The molecule has 1 atom stereocenters. The summed E-state index contributed by atoms with van der Waals surface area (Å²) in [4.78, 5) is 19.3. The number of nitrogens with one attached hydrogen (secondary N) is 2. The molecule has 2 aromatic rings. The molecule has 0 saturated heterocycles. The molecule has 1 unspecified atom stereocenters. The summed E-state index contributed by atoms with van der Waals surface area (Å²) in [6, 6.07) is -0.0929. The van der Waals surface area contributed by atoms with Crippen molar-refractivity contribution in [3.8, 4) is 0 Å². The van der Waals surface area contributed by atoms with Crippen molar-refractivity contribution >= 4 is 17.3 Å². The monoisotopic (exact) mass is 295 g/mol. The van der Waals surface area contributed by atoms with Crippen LogP contribution in [0, 0.1) is 5.92 Å². The number of aromatic amines is 1. The molecular weight excluding hydrogens is 278 g/mol. The summed E-state index contributed by atoms with van der Waals surface area (Å²) in [5.41, 5.74) is 0.234. The maximum Gasteiger partial charge on any atom is 0.287 e. The highest BCUT2D eigenvalue weighted by molar-refractivity contribution is 6.32. The molecule has 2 heterocycles. The Morgan fingerprint density at radius 1 is 1.45 bits per heavy atom. The Kier molecular flexibility index (Phi) is 4.44. The van der Waals surface area contributed by atoms with E-state index in [1.165, 1.54) is 4.68 Å². The summed E-state index contributed by atoms with van der Waals surface area (Å²) in [6.45, 7) is 6.52. The SMILES string of the molecule is CC(C)Cn1ncc(NC(C)c2ncc[nH]2)c(Cl)c1=O. The third-order valence-corrected chi connectivity index (χ3v) is 3.19. The van der Waals surface area contributed by atoms with E-state index in [1.54, 1.807) is 18.6 Å². The van der Waals surface area contributed by atoms with Crippen LogP contribution in [0.5, 0.6) is 0 Å². The normalized spacial score (nSPS) is 12.7. The minimum atomic E-state index is -0.281. The number of anilines is 1. The van der Waals surface area contributed by atoms with Crippen molar-refractivity contribution in [1.82, 2.24) is 19.7 Å². The molecule has 6 nitrogen and oxygen atoms in total. The summed E-state index contributed by atoms with van der Waals surface area (Å²) in [5, 5.41) is 7.42. The number of H-pyrrole nitrogens is 1.